The number of carbonyl (C=O) groups is 2. The zero-order valence-corrected chi connectivity index (χ0v) is 14.1. The van der Waals surface area contributed by atoms with E-state index >= 15 is 0 Å². The molecular formula is C19H12F3N3O3. The predicted octanol–water partition coefficient (Wildman–Crippen LogP) is 3.64. The molecule has 1 aromatic heterocycles. The number of ether oxygens (including phenoxy) is 1. The number of nitrogens with two attached hydrogens (primary N) is 1. The Bertz CT molecular complexity index is 1030. The third kappa shape index (κ3) is 4.26. The second kappa shape index (κ2) is 7.78. The summed E-state index contributed by atoms with van der Waals surface area (Å²) in [5.74, 6) is -5.54. The van der Waals surface area contributed by atoms with Crippen molar-refractivity contribution >= 4 is 17.5 Å². The molecule has 0 spiro atoms. The highest BCUT2D eigenvalue weighted by molar-refractivity contribution is 6.04. The molecule has 0 aliphatic carbocycles. The molecule has 6 nitrogen and oxygen atoms in total. The zero-order chi connectivity index (χ0) is 20.3. The molecule has 142 valence electrons. The number of amides is 2. The highest BCUT2D eigenvalue weighted by atomic mass is 19.2. The molecule has 28 heavy (non-hydrogen) atoms. The molecule has 2 amide bonds. The van der Waals surface area contributed by atoms with Gasteiger partial charge in [0, 0.05) is 17.2 Å². The number of nitrogens with zero attached hydrogens (tertiary/aromatic N) is 1. The molecule has 0 unspecified atom stereocenters. The molecule has 0 saturated carbocycles. The molecule has 2 aromatic carbocycles. The van der Waals surface area contributed by atoms with Gasteiger partial charge in [0.05, 0.1) is 11.9 Å². The molecule has 0 bridgehead atoms. The molecule has 3 rings (SSSR count). The summed E-state index contributed by atoms with van der Waals surface area (Å²) in [5.41, 5.74) is 5.29. The Balaban J connectivity index is 1.70. The van der Waals surface area contributed by atoms with E-state index in [0.717, 1.165) is 0 Å². The van der Waals surface area contributed by atoms with Gasteiger partial charge in [-0.2, -0.15) is 0 Å². The van der Waals surface area contributed by atoms with Gasteiger partial charge in [0.25, 0.3) is 5.91 Å². The fourth-order valence-electron chi connectivity index (χ4n) is 2.24. The largest absolute Gasteiger partial charge is 0.439 e. The van der Waals surface area contributed by atoms with E-state index in [1.165, 1.54) is 30.5 Å². The fourth-order valence-corrected chi connectivity index (χ4v) is 2.24. The van der Waals surface area contributed by atoms with Crippen LogP contribution in [0.15, 0.2) is 54.7 Å². The van der Waals surface area contributed by atoms with Gasteiger partial charge in [0.1, 0.15) is 5.75 Å². The van der Waals surface area contributed by atoms with Crippen molar-refractivity contribution in [1.82, 2.24) is 4.98 Å². The minimum Gasteiger partial charge on any atom is -0.439 e. The van der Waals surface area contributed by atoms with Crippen molar-refractivity contribution in [1.29, 1.82) is 0 Å². The van der Waals surface area contributed by atoms with Crippen molar-refractivity contribution in [3.8, 4) is 11.6 Å². The number of hydrogen-bond donors (Lipinski definition) is 2. The second-order valence-corrected chi connectivity index (χ2v) is 5.59. The van der Waals surface area contributed by atoms with E-state index in [4.69, 9.17) is 10.5 Å². The Morgan fingerprint density at radius 1 is 0.964 bits per heavy atom. The van der Waals surface area contributed by atoms with Crippen molar-refractivity contribution in [3.63, 3.8) is 0 Å². The SMILES string of the molecule is NC(=O)c1cccc(Oc2ccc(NC(=O)c3cc(F)c(F)c(F)c3)cn2)c1. The highest BCUT2D eigenvalue weighted by Crippen LogP contribution is 2.22. The minimum atomic E-state index is -1.65. The van der Waals surface area contributed by atoms with Gasteiger partial charge in [0.2, 0.25) is 11.8 Å². The number of halogens is 3. The molecule has 0 saturated heterocycles. The first-order chi connectivity index (χ1) is 13.3. The minimum absolute atomic E-state index is 0.165. The van der Waals surface area contributed by atoms with Crippen LogP contribution in [0.2, 0.25) is 0 Å². The Labute approximate surface area is 156 Å². The lowest BCUT2D eigenvalue weighted by Gasteiger charge is -2.08. The quantitative estimate of drug-likeness (QED) is 0.654. The molecule has 0 fully saturated rings. The number of hydrogen-bond acceptors (Lipinski definition) is 4. The molecule has 3 aromatic rings. The smallest absolute Gasteiger partial charge is 0.255 e. The van der Waals surface area contributed by atoms with Crippen molar-refractivity contribution < 1.29 is 27.5 Å². The maximum absolute atomic E-state index is 13.2. The third-order valence-electron chi connectivity index (χ3n) is 3.58. The number of rotatable bonds is 5. The Kier molecular flexibility index (Phi) is 5.25. The summed E-state index contributed by atoms with van der Waals surface area (Å²) in [6.07, 6.45) is 1.25. The average Bonchev–Trinajstić information content (AvgIpc) is 2.67. The molecule has 3 N–H and O–H groups in total. The zero-order valence-electron chi connectivity index (χ0n) is 14.1. The van der Waals surface area contributed by atoms with Crippen LogP contribution >= 0.6 is 0 Å². The van der Waals surface area contributed by atoms with Crippen molar-refractivity contribution in [3.05, 3.63) is 83.3 Å². The number of primary amides is 1. The number of pyridine rings is 1. The summed E-state index contributed by atoms with van der Waals surface area (Å²) in [4.78, 5) is 27.2. The topological polar surface area (TPSA) is 94.3 Å². The predicted molar refractivity (Wildman–Crippen MR) is 93.5 cm³/mol. The van der Waals surface area contributed by atoms with Gasteiger partial charge in [-0.15, -0.1) is 0 Å². The molecule has 0 radical (unpaired) electrons. The highest BCUT2D eigenvalue weighted by Gasteiger charge is 2.15. The summed E-state index contributed by atoms with van der Waals surface area (Å²) in [5, 5.41) is 2.37. The van der Waals surface area contributed by atoms with Crippen LogP contribution in [-0.4, -0.2) is 16.8 Å². The lowest BCUT2D eigenvalue weighted by Crippen LogP contribution is -2.13. The fraction of sp³-hybridized carbons (Fsp3) is 0. The maximum atomic E-state index is 13.2. The van der Waals surface area contributed by atoms with Gasteiger partial charge < -0.3 is 15.8 Å². The lowest BCUT2D eigenvalue weighted by atomic mass is 10.2. The Morgan fingerprint density at radius 3 is 2.29 bits per heavy atom. The van der Waals surface area contributed by atoms with Crippen LogP contribution in [0.25, 0.3) is 0 Å². The summed E-state index contributed by atoms with van der Waals surface area (Å²) in [6, 6.07) is 10.2. The molecule has 9 heteroatoms. The Hall–Kier alpha value is -3.88. The van der Waals surface area contributed by atoms with Crippen LogP contribution in [0.5, 0.6) is 11.6 Å². The van der Waals surface area contributed by atoms with Gasteiger partial charge in [-0.25, -0.2) is 18.2 Å². The van der Waals surface area contributed by atoms with Crippen LogP contribution in [0, 0.1) is 17.5 Å². The summed E-state index contributed by atoms with van der Waals surface area (Å²) in [7, 11) is 0. The number of aromatic nitrogens is 1. The van der Waals surface area contributed by atoms with E-state index in [1.807, 2.05) is 0 Å². The van der Waals surface area contributed by atoms with E-state index in [-0.39, 0.29) is 22.7 Å². The molecule has 0 aliphatic rings. The molecule has 0 atom stereocenters. The van der Waals surface area contributed by atoms with Gasteiger partial charge in [-0.05, 0) is 36.4 Å². The van der Waals surface area contributed by atoms with E-state index < -0.39 is 29.3 Å². The molecule has 0 aliphatic heterocycles. The van der Waals surface area contributed by atoms with E-state index in [1.54, 1.807) is 12.1 Å². The number of anilines is 1. The normalized spacial score (nSPS) is 10.4. The molecule has 1 heterocycles. The number of benzene rings is 2. The lowest BCUT2D eigenvalue weighted by molar-refractivity contribution is 0.0997. The standard InChI is InChI=1S/C19H12F3N3O3/c20-14-7-11(8-15(21)17(14)22)19(27)25-12-4-5-16(24-9-12)28-13-3-1-2-10(6-13)18(23)26/h1-9H,(H2,23,26)(H,25,27). The van der Waals surface area contributed by atoms with E-state index in [0.29, 0.717) is 17.9 Å². The first-order valence-electron chi connectivity index (χ1n) is 7.83. The van der Waals surface area contributed by atoms with E-state index in [9.17, 15) is 22.8 Å². The number of carbonyl (C=O) groups excluding carboxylic acids is 2. The van der Waals surface area contributed by atoms with Gasteiger partial charge >= 0.3 is 0 Å². The van der Waals surface area contributed by atoms with Gasteiger partial charge in [-0.3, -0.25) is 9.59 Å². The average molecular weight is 387 g/mol. The molecular weight excluding hydrogens is 375 g/mol. The van der Waals surface area contributed by atoms with Crippen molar-refractivity contribution in [2.24, 2.45) is 5.73 Å². The van der Waals surface area contributed by atoms with E-state index in [2.05, 4.69) is 10.3 Å². The van der Waals surface area contributed by atoms with Gasteiger partial charge in [0.15, 0.2) is 17.5 Å². The maximum Gasteiger partial charge on any atom is 0.255 e. The van der Waals surface area contributed by atoms with Crippen LogP contribution in [0.4, 0.5) is 18.9 Å². The summed E-state index contributed by atoms with van der Waals surface area (Å²) < 4.78 is 44.9. The van der Waals surface area contributed by atoms with Crippen molar-refractivity contribution in [2.45, 2.75) is 0 Å². The van der Waals surface area contributed by atoms with Crippen LogP contribution in [0.1, 0.15) is 20.7 Å². The first-order valence-corrected chi connectivity index (χ1v) is 7.83. The summed E-state index contributed by atoms with van der Waals surface area (Å²) >= 11 is 0. The summed E-state index contributed by atoms with van der Waals surface area (Å²) in [6.45, 7) is 0. The van der Waals surface area contributed by atoms with Crippen LogP contribution < -0.4 is 15.8 Å². The van der Waals surface area contributed by atoms with Crippen LogP contribution in [0.3, 0.4) is 0 Å². The third-order valence-corrected chi connectivity index (χ3v) is 3.58. The first kappa shape index (κ1) is 18.9. The van der Waals surface area contributed by atoms with Crippen LogP contribution in [-0.2, 0) is 0 Å². The monoisotopic (exact) mass is 387 g/mol. The van der Waals surface area contributed by atoms with Gasteiger partial charge in [-0.1, -0.05) is 6.07 Å². The second-order valence-electron chi connectivity index (χ2n) is 5.59. The van der Waals surface area contributed by atoms with Crippen molar-refractivity contribution in [2.75, 3.05) is 5.32 Å². The number of nitrogens with one attached hydrogen (secondary N) is 1. The Morgan fingerprint density at radius 2 is 1.68 bits per heavy atom.